The maximum absolute atomic E-state index is 8.20. The Hall–Kier alpha value is -1.75. The highest BCUT2D eigenvalue weighted by molar-refractivity contribution is 6.62. The average molecular weight is 299 g/mol. The Morgan fingerprint density at radius 1 is 1.14 bits per heavy atom. The van der Waals surface area contributed by atoms with Crippen molar-refractivity contribution in [3.8, 4) is 0 Å². The van der Waals surface area contributed by atoms with Gasteiger partial charge < -0.3 is 9.31 Å². The van der Waals surface area contributed by atoms with Gasteiger partial charge in [-0.1, -0.05) is 41.5 Å². The minimum atomic E-state index is -0.326. The third kappa shape index (κ3) is 3.71. The van der Waals surface area contributed by atoms with E-state index in [1.165, 1.54) is 0 Å². The predicted molar refractivity (Wildman–Crippen MR) is 89.8 cm³/mol. The number of hydrogen-bond acceptors (Lipinski definition) is 3. The van der Waals surface area contributed by atoms with Gasteiger partial charge in [0.15, 0.2) is 0 Å². The Bertz CT molecular complexity index is 574. The third-order valence-corrected chi connectivity index (χ3v) is 4.23. The van der Waals surface area contributed by atoms with E-state index in [0.717, 1.165) is 17.4 Å². The number of rotatable bonds is 5. The average Bonchev–Trinajstić information content (AvgIpc) is 2.68. The van der Waals surface area contributed by atoms with Crippen LogP contribution in [-0.2, 0) is 9.31 Å². The van der Waals surface area contributed by atoms with Crippen LogP contribution >= 0.6 is 0 Å². The van der Waals surface area contributed by atoms with Crippen LogP contribution in [0.4, 0.5) is 0 Å². The molecule has 1 aromatic carbocycles. The van der Waals surface area contributed by atoms with Crippen LogP contribution in [0.3, 0.4) is 0 Å². The van der Waals surface area contributed by atoms with Crippen LogP contribution < -0.4 is 5.46 Å². The number of azide groups is 1. The summed E-state index contributed by atoms with van der Waals surface area (Å²) in [4.78, 5) is 2.72. The van der Waals surface area contributed by atoms with Gasteiger partial charge in [-0.25, -0.2) is 0 Å². The van der Waals surface area contributed by atoms with Gasteiger partial charge in [-0.05, 0) is 50.7 Å². The normalized spacial score (nSPS) is 19.4. The van der Waals surface area contributed by atoms with E-state index in [1.807, 2.05) is 64.1 Å². The number of benzene rings is 1. The smallest absolute Gasteiger partial charge is 0.399 e. The molecule has 0 saturated carbocycles. The van der Waals surface area contributed by atoms with Gasteiger partial charge in [0.05, 0.1) is 11.2 Å². The van der Waals surface area contributed by atoms with E-state index in [9.17, 15) is 0 Å². The first-order chi connectivity index (χ1) is 10.4. The maximum atomic E-state index is 8.20. The summed E-state index contributed by atoms with van der Waals surface area (Å²) < 4.78 is 12.1. The van der Waals surface area contributed by atoms with Crippen molar-refractivity contribution in [3.05, 3.63) is 46.3 Å². The second-order valence-corrected chi connectivity index (χ2v) is 6.40. The first-order valence-electron chi connectivity index (χ1n) is 7.49. The molecule has 1 aliphatic heterocycles. The molecule has 1 aliphatic rings. The zero-order valence-electron chi connectivity index (χ0n) is 13.6. The summed E-state index contributed by atoms with van der Waals surface area (Å²) in [5.74, 6) is 0. The maximum Gasteiger partial charge on any atom is 0.494 e. The molecule has 0 aromatic heterocycles. The molecule has 1 heterocycles. The molecule has 5 nitrogen and oxygen atoms in total. The highest BCUT2D eigenvalue weighted by Crippen LogP contribution is 2.36. The monoisotopic (exact) mass is 299 g/mol. The molecular weight excluding hydrogens is 277 g/mol. The number of hydrogen-bond donors (Lipinski definition) is 0. The summed E-state index contributed by atoms with van der Waals surface area (Å²) >= 11 is 0. The highest BCUT2D eigenvalue weighted by atomic mass is 16.7. The molecule has 0 radical (unpaired) electrons. The lowest BCUT2D eigenvalue weighted by Gasteiger charge is -2.32. The van der Waals surface area contributed by atoms with Crippen molar-refractivity contribution in [2.24, 2.45) is 5.11 Å². The summed E-state index contributed by atoms with van der Waals surface area (Å²) in [6.07, 6.45) is 4.75. The zero-order chi connectivity index (χ0) is 16.2. The lowest BCUT2D eigenvalue weighted by atomic mass is 9.79. The van der Waals surface area contributed by atoms with E-state index in [1.54, 1.807) is 0 Å². The second-order valence-electron chi connectivity index (χ2n) is 6.40. The predicted octanol–water partition coefficient (Wildman–Crippen LogP) is 3.70. The molecule has 1 saturated heterocycles. The quantitative estimate of drug-likeness (QED) is 0.273. The molecule has 0 atom stereocenters. The molecule has 0 aliphatic carbocycles. The summed E-state index contributed by atoms with van der Waals surface area (Å²) in [6, 6.07) is 8.11. The molecule has 1 aromatic rings. The summed E-state index contributed by atoms with van der Waals surface area (Å²) in [7, 11) is -0.326. The molecule has 0 N–H and O–H groups in total. The molecule has 2 rings (SSSR count). The Kier molecular flexibility index (Phi) is 4.96. The standard InChI is InChI=1S/C16H22BN3O2/c1-15(2)16(3,4)22-17(21-15)14-10-8-13(9-11-14)7-5-6-12-19-20-18/h5,7-11H,6,12H2,1-4H3. The molecule has 0 unspecified atom stereocenters. The van der Waals surface area contributed by atoms with Gasteiger partial charge in [0.25, 0.3) is 0 Å². The molecule has 0 spiro atoms. The van der Waals surface area contributed by atoms with E-state index < -0.39 is 0 Å². The van der Waals surface area contributed by atoms with Crippen LogP contribution in [0.1, 0.15) is 39.7 Å². The van der Waals surface area contributed by atoms with Gasteiger partial charge in [-0.15, -0.1) is 0 Å². The Labute approximate surface area is 132 Å². The fourth-order valence-electron chi connectivity index (χ4n) is 2.14. The van der Waals surface area contributed by atoms with Crippen molar-refractivity contribution >= 4 is 18.7 Å². The topological polar surface area (TPSA) is 67.2 Å². The fraction of sp³-hybridized carbons (Fsp3) is 0.500. The lowest BCUT2D eigenvalue weighted by molar-refractivity contribution is 0.00578. The van der Waals surface area contributed by atoms with Crippen LogP contribution in [-0.4, -0.2) is 24.9 Å². The van der Waals surface area contributed by atoms with E-state index in [2.05, 4.69) is 10.0 Å². The Morgan fingerprint density at radius 3 is 2.27 bits per heavy atom. The molecule has 6 heteroatoms. The SMILES string of the molecule is CC1(C)OB(c2ccc(C=CCCN=[N+]=[N-])cc2)OC1(C)C. The van der Waals surface area contributed by atoms with Gasteiger partial charge in [-0.2, -0.15) is 0 Å². The van der Waals surface area contributed by atoms with Gasteiger partial charge in [-0.3, -0.25) is 0 Å². The molecule has 0 bridgehead atoms. The molecular formula is C16H22BN3O2. The van der Waals surface area contributed by atoms with Crippen molar-refractivity contribution in [3.63, 3.8) is 0 Å². The van der Waals surface area contributed by atoms with Gasteiger partial charge in [0.2, 0.25) is 0 Å². The van der Waals surface area contributed by atoms with Crippen LogP contribution in [0.5, 0.6) is 0 Å². The summed E-state index contributed by atoms with van der Waals surface area (Å²) in [5, 5.41) is 3.49. The van der Waals surface area contributed by atoms with Gasteiger partial charge in [0, 0.05) is 11.5 Å². The lowest BCUT2D eigenvalue weighted by Crippen LogP contribution is -2.41. The van der Waals surface area contributed by atoms with Gasteiger partial charge >= 0.3 is 7.12 Å². The minimum Gasteiger partial charge on any atom is -0.399 e. The van der Waals surface area contributed by atoms with E-state index >= 15 is 0 Å². The fourth-order valence-corrected chi connectivity index (χ4v) is 2.14. The Morgan fingerprint density at radius 2 is 1.73 bits per heavy atom. The van der Waals surface area contributed by atoms with Crippen LogP contribution in [0, 0.1) is 0 Å². The molecule has 116 valence electrons. The number of nitrogens with zero attached hydrogens (tertiary/aromatic N) is 3. The van der Waals surface area contributed by atoms with Gasteiger partial charge in [0.1, 0.15) is 0 Å². The van der Waals surface area contributed by atoms with E-state index in [-0.39, 0.29) is 18.3 Å². The molecule has 1 fully saturated rings. The second kappa shape index (κ2) is 6.57. The van der Waals surface area contributed by atoms with Crippen LogP contribution in [0.2, 0.25) is 0 Å². The summed E-state index contributed by atoms with van der Waals surface area (Å²) in [5.41, 5.74) is 9.67. The highest BCUT2D eigenvalue weighted by Gasteiger charge is 2.51. The van der Waals surface area contributed by atoms with E-state index in [0.29, 0.717) is 6.54 Å². The van der Waals surface area contributed by atoms with Crippen LogP contribution in [0.25, 0.3) is 16.5 Å². The van der Waals surface area contributed by atoms with Crippen molar-refractivity contribution in [1.82, 2.24) is 0 Å². The van der Waals surface area contributed by atoms with Crippen molar-refractivity contribution in [2.75, 3.05) is 6.54 Å². The first-order valence-corrected chi connectivity index (χ1v) is 7.49. The van der Waals surface area contributed by atoms with Crippen molar-refractivity contribution in [2.45, 2.75) is 45.3 Å². The van der Waals surface area contributed by atoms with Crippen molar-refractivity contribution in [1.29, 1.82) is 0 Å². The van der Waals surface area contributed by atoms with E-state index in [4.69, 9.17) is 14.8 Å². The third-order valence-electron chi connectivity index (χ3n) is 4.23. The largest absolute Gasteiger partial charge is 0.494 e. The summed E-state index contributed by atoms with van der Waals surface area (Å²) in [6.45, 7) is 8.68. The molecule has 22 heavy (non-hydrogen) atoms. The van der Waals surface area contributed by atoms with Crippen molar-refractivity contribution < 1.29 is 9.31 Å². The van der Waals surface area contributed by atoms with Crippen LogP contribution in [0.15, 0.2) is 35.5 Å². The Balaban J connectivity index is 2.00. The minimum absolute atomic E-state index is 0.322. The first kappa shape index (κ1) is 16.6. The zero-order valence-corrected chi connectivity index (χ0v) is 13.6. The molecule has 0 amide bonds.